The second-order valence-electron chi connectivity index (χ2n) is 5.48. The van der Waals surface area contributed by atoms with Crippen molar-refractivity contribution in [3.05, 3.63) is 29.8 Å². The largest absolute Gasteiger partial charge is 0.352 e. The van der Waals surface area contributed by atoms with E-state index in [4.69, 9.17) is 5.73 Å². The molecule has 132 valence electrons. The van der Waals surface area contributed by atoms with E-state index in [1.54, 1.807) is 6.92 Å². The van der Waals surface area contributed by atoms with Crippen LogP contribution < -0.4 is 15.8 Å². The highest BCUT2D eigenvalue weighted by Crippen LogP contribution is 2.11. The van der Waals surface area contributed by atoms with E-state index in [1.807, 2.05) is 13.8 Å². The fraction of sp³-hybridized carbons (Fsp3) is 0.533. The maximum absolute atomic E-state index is 12.1. The normalized spacial score (nSPS) is 13.7. The van der Waals surface area contributed by atoms with E-state index in [-0.39, 0.29) is 35.3 Å². The van der Waals surface area contributed by atoms with E-state index in [0.717, 1.165) is 0 Å². The van der Waals surface area contributed by atoms with Crippen molar-refractivity contribution in [2.24, 2.45) is 5.73 Å². The summed E-state index contributed by atoms with van der Waals surface area (Å²) in [7, 11) is -3.54. The molecule has 1 aromatic rings. The maximum atomic E-state index is 12.1. The third kappa shape index (κ3) is 7.30. The molecule has 0 saturated heterocycles. The Hall–Kier alpha value is -1.15. The zero-order valence-corrected chi connectivity index (χ0v) is 15.3. The lowest BCUT2D eigenvalue weighted by atomic mass is 10.2. The number of hydrogen-bond donors (Lipinski definition) is 3. The van der Waals surface area contributed by atoms with Crippen molar-refractivity contribution in [1.82, 2.24) is 10.0 Å². The van der Waals surface area contributed by atoms with Crippen LogP contribution in [0.3, 0.4) is 0 Å². The van der Waals surface area contributed by atoms with E-state index >= 15 is 0 Å². The molecule has 0 spiro atoms. The zero-order valence-electron chi connectivity index (χ0n) is 13.7. The number of carbonyl (C=O) groups is 1. The molecule has 0 aliphatic rings. The van der Waals surface area contributed by atoms with Crippen LogP contribution in [0.15, 0.2) is 29.2 Å². The Morgan fingerprint density at radius 2 is 1.78 bits per heavy atom. The summed E-state index contributed by atoms with van der Waals surface area (Å²) in [6, 6.07) is 5.78. The first-order valence-electron chi connectivity index (χ1n) is 7.42. The average Bonchev–Trinajstić information content (AvgIpc) is 2.46. The van der Waals surface area contributed by atoms with Crippen molar-refractivity contribution in [1.29, 1.82) is 0 Å². The quantitative estimate of drug-likeness (QED) is 0.653. The lowest BCUT2D eigenvalue weighted by molar-refractivity contribution is 0.0952. The summed E-state index contributed by atoms with van der Waals surface area (Å²) in [5.41, 5.74) is 6.03. The SMILES string of the molecule is CCC(C)NS(=O)(=O)c1ccc(C(=O)NCCC(C)N)cc1.Cl. The third-order valence-electron chi connectivity index (χ3n) is 3.28. The fourth-order valence-corrected chi connectivity index (χ4v) is 3.04. The minimum atomic E-state index is -3.54. The number of sulfonamides is 1. The minimum Gasteiger partial charge on any atom is -0.352 e. The molecule has 0 aliphatic heterocycles. The summed E-state index contributed by atoms with van der Waals surface area (Å²) >= 11 is 0. The number of nitrogens with one attached hydrogen (secondary N) is 2. The van der Waals surface area contributed by atoms with Crippen LogP contribution in [0.1, 0.15) is 44.0 Å². The summed E-state index contributed by atoms with van der Waals surface area (Å²) < 4.78 is 26.8. The molecule has 8 heteroatoms. The Bertz CT molecular complexity index is 588. The Morgan fingerprint density at radius 1 is 1.22 bits per heavy atom. The second-order valence-corrected chi connectivity index (χ2v) is 7.19. The molecule has 6 nitrogen and oxygen atoms in total. The van der Waals surface area contributed by atoms with Gasteiger partial charge in [0.2, 0.25) is 10.0 Å². The number of nitrogens with two attached hydrogens (primary N) is 1. The van der Waals surface area contributed by atoms with Gasteiger partial charge >= 0.3 is 0 Å². The highest BCUT2D eigenvalue weighted by molar-refractivity contribution is 7.89. The number of hydrogen-bond acceptors (Lipinski definition) is 4. The summed E-state index contributed by atoms with van der Waals surface area (Å²) in [5, 5.41) is 2.75. The van der Waals surface area contributed by atoms with Gasteiger partial charge in [-0.05, 0) is 51.0 Å². The van der Waals surface area contributed by atoms with Gasteiger partial charge in [-0.3, -0.25) is 4.79 Å². The predicted octanol–water partition coefficient (Wildman–Crippen LogP) is 1.65. The van der Waals surface area contributed by atoms with E-state index in [0.29, 0.717) is 24.9 Å². The average molecular weight is 364 g/mol. The smallest absolute Gasteiger partial charge is 0.251 e. The molecule has 0 aliphatic carbocycles. The summed E-state index contributed by atoms with van der Waals surface area (Å²) in [6.07, 6.45) is 1.40. The van der Waals surface area contributed by atoms with Crippen LogP contribution in [-0.4, -0.2) is 33.0 Å². The molecule has 2 unspecified atom stereocenters. The molecule has 0 radical (unpaired) electrons. The van der Waals surface area contributed by atoms with Gasteiger partial charge in [-0.15, -0.1) is 12.4 Å². The Labute approximate surface area is 144 Å². The third-order valence-corrected chi connectivity index (χ3v) is 4.89. The lowest BCUT2D eigenvalue weighted by Crippen LogP contribution is -2.32. The van der Waals surface area contributed by atoms with Crippen LogP contribution in [0.5, 0.6) is 0 Å². The second kappa shape index (κ2) is 9.87. The van der Waals surface area contributed by atoms with Gasteiger partial charge in [-0.25, -0.2) is 13.1 Å². The number of rotatable bonds is 8. The van der Waals surface area contributed by atoms with Gasteiger partial charge in [0, 0.05) is 24.2 Å². The van der Waals surface area contributed by atoms with E-state index in [1.165, 1.54) is 24.3 Å². The van der Waals surface area contributed by atoms with Crippen molar-refractivity contribution in [3.8, 4) is 0 Å². The Morgan fingerprint density at radius 3 is 2.26 bits per heavy atom. The summed E-state index contributed by atoms with van der Waals surface area (Å²) in [4.78, 5) is 12.0. The minimum absolute atomic E-state index is 0. The molecule has 1 rings (SSSR count). The van der Waals surface area contributed by atoms with Gasteiger partial charge in [0.1, 0.15) is 0 Å². The molecule has 0 bridgehead atoms. The monoisotopic (exact) mass is 363 g/mol. The van der Waals surface area contributed by atoms with Gasteiger partial charge in [-0.1, -0.05) is 6.92 Å². The summed E-state index contributed by atoms with van der Waals surface area (Å²) in [6.45, 7) is 6.07. The lowest BCUT2D eigenvalue weighted by Gasteiger charge is -2.12. The van der Waals surface area contributed by atoms with Gasteiger partial charge in [0.05, 0.1) is 4.90 Å². The maximum Gasteiger partial charge on any atom is 0.251 e. The number of benzene rings is 1. The molecule has 4 N–H and O–H groups in total. The first-order chi connectivity index (χ1) is 10.3. The van der Waals surface area contributed by atoms with Crippen LogP contribution in [0, 0.1) is 0 Å². The predicted molar refractivity (Wildman–Crippen MR) is 94.4 cm³/mol. The Balaban J connectivity index is 0.00000484. The molecule has 1 aromatic carbocycles. The molecule has 1 amide bonds. The van der Waals surface area contributed by atoms with Crippen molar-refractivity contribution in [2.75, 3.05) is 6.54 Å². The van der Waals surface area contributed by atoms with Crippen LogP contribution in [-0.2, 0) is 10.0 Å². The molecule has 2 atom stereocenters. The van der Waals surface area contributed by atoms with Crippen molar-refractivity contribution in [2.45, 2.75) is 50.6 Å². The van der Waals surface area contributed by atoms with Crippen molar-refractivity contribution >= 4 is 28.3 Å². The first-order valence-corrected chi connectivity index (χ1v) is 8.90. The molecular weight excluding hydrogens is 338 g/mol. The van der Waals surface area contributed by atoms with Crippen LogP contribution in [0.4, 0.5) is 0 Å². The molecule has 0 fully saturated rings. The number of amides is 1. The molecule has 23 heavy (non-hydrogen) atoms. The van der Waals surface area contributed by atoms with Gasteiger partial charge in [0.15, 0.2) is 0 Å². The molecule has 0 aromatic heterocycles. The first kappa shape index (κ1) is 21.9. The van der Waals surface area contributed by atoms with Gasteiger partial charge in [0.25, 0.3) is 5.91 Å². The Kier molecular flexibility index (Phi) is 9.38. The van der Waals surface area contributed by atoms with Gasteiger partial charge in [-0.2, -0.15) is 0 Å². The van der Waals surface area contributed by atoms with E-state index in [9.17, 15) is 13.2 Å². The fourth-order valence-electron chi connectivity index (χ4n) is 1.72. The van der Waals surface area contributed by atoms with Crippen LogP contribution in [0.25, 0.3) is 0 Å². The highest BCUT2D eigenvalue weighted by atomic mass is 35.5. The van der Waals surface area contributed by atoms with Crippen molar-refractivity contribution in [3.63, 3.8) is 0 Å². The van der Waals surface area contributed by atoms with Crippen LogP contribution in [0.2, 0.25) is 0 Å². The van der Waals surface area contributed by atoms with Gasteiger partial charge < -0.3 is 11.1 Å². The highest BCUT2D eigenvalue weighted by Gasteiger charge is 2.17. The van der Waals surface area contributed by atoms with Crippen LogP contribution >= 0.6 is 12.4 Å². The molecule has 0 heterocycles. The van der Waals surface area contributed by atoms with Crippen molar-refractivity contribution < 1.29 is 13.2 Å². The summed E-state index contributed by atoms with van der Waals surface area (Å²) in [5.74, 6) is -0.237. The number of halogens is 1. The zero-order chi connectivity index (χ0) is 16.8. The van der Waals surface area contributed by atoms with E-state index in [2.05, 4.69) is 10.0 Å². The topological polar surface area (TPSA) is 101 Å². The molecular formula is C15H26ClN3O3S. The number of carbonyl (C=O) groups excluding carboxylic acids is 1. The van der Waals surface area contributed by atoms with E-state index < -0.39 is 10.0 Å². The molecule has 0 saturated carbocycles. The standard InChI is InChI=1S/C15H25N3O3S.ClH/c1-4-12(3)18-22(20,21)14-7-5-13(6-8-14)15(19)17-10-9-11(2)16;/h5-8,11-12,18H,4,9-10,16H2,1-3H3,(H,17,19);1H.